The molecule has 0 radical (unpaired) electrons. The van der Waals surface area contributed by atoms with E-state index in [9.17, 15) is 13.2 Å². The minimum Gasteiger partial charge on any atom is -0.354 e. The van der Waals surface area contributed by atoms with Gasteiger partial charge in [0.1, 0.15) is 5.69 Å². The number of aryl methyl sites for hydroxylation is 1. The molecule has 7 nitrogen and oxygen atoms in total. The molecule has 0 spiro atoms. The van der Waals surface area contributed by atoms with Crippen molar-refractivity contribution in [3.05, 3.63) is 34.0 Å². The number of rotatable bonds is 6. The Bertz CT molecular complexity index is 745. The number of guanidine groups is 1. The molecule has 0 saturated heterocycles. The lowest BCUT2D eigenvalue weighted by molar-refractivity contribution is -0.141. The Morgan fingerprint density at radius 3 is 2.69 bits per heavy atom. The average Bonchev–Trinajstić information content (AvgIpc) is 2.99. The van der Waals surface area contributed by atoms with Gasteiger partial charge in [0.05, 0.1) is 17.2 Å². The van der Waals surface area contributed by atoms with Crippen LogP contribution in [0.25, 0.3) is 0 Å². The molecule has 2 heterocycles. The van der Waals surface area contributed by atoms with E-state index in [2.05, 4.69) is 30.6 Å². The highest BCUT2D eigenvalue weighted by molar-refractivity contribution is 7.09. The van der Waals surface area contributed by atoms with Gasteiger partial charge >= 0.3 is 6.18 Å². The fraction of sp³-hybridized carbons (Fsp3) is 0.467. The largest absolute Gasteiger partial charge is 0.433 e. The van der Waals surface area contributed by atoms with Crippen molar-refractivity contribution in [2.24, 2.45) is 4.99 Å². The van der Waals surface area contributed by atoms with Gasteiger partial charge in [0, 0.05) is 38.8 Å². The predicted octanol–water partition coefficient (Wildman–Crippen LogP) is 2.38. The molecule has 0 amide bonds. The maximum absolute atomic E-state index is 12.6. The Labute approximate surface area is 153 Å². The number of aromatic nitrogens is 3. The van der Waals surface area contributed by atoms with Gasteiger partial charge in [-0.1, -0.05) is 0 Å². The van der Waals surface area contributed by atoms with Crippen molar-refractivity contribution in [1.29, 1.82) is 0 Å². The summed E-state index contributed by atoms with van der Waals surface area (Å²) in [5.41, 5.74) is -0.0227. The molecule has 26 heavy (non-hydrogen) atoms. The summed E-state index contributed by atoms with van der Waals surface area (Å²) in [7, 11) is 3.54. The molecule has 0 aliphatic heterocycles. The van der Waals surface area contributed by atoms with Gasteiger partial charge in [-0.25, -0.2) is 15.0 Å². The zero-order chi connectivity index (χ0) is 19.2. The van der Waals surface area contributed by atoms with Gasteiger partial charge in [-0.05, 0) is 13.0 Å². The molecule has 2 N–H and O–H groups in total. The number of aliphatic imine (C=N–C) groups is 1. The Kier molecular flexibility index (Phi) is 6.72. The maximum atomic E-state index is 12.6. The first kappa shape index (κ1) is 19.9. The summed E-state index contributed by atoms with van der Waals surface area (Å²) >= 11 is 1.59. The van der Waals surface area contributed by atoms with Crippen LogP contribution in [0, 0.1) is 6.92 Å². The number of halogens is 3. The van der Waals surface area contributed by atoms with E-state index >= 15 is 0 Å². The Hall–Kier alpha value is -2.43. The highest BCUT2D eigenvalue weighted by Gasteiger charge is 2.32. The van der Waals surface area contributed by atoms with Crippen LogP contribution < -0.4 is 10.6 Å². The molecular weight excluding hydrogens is 367 g/mol. The van der Waals surface area contributed by atoms with E-state index < -0.39 is 11.9 Å². The standard InChI is InChI=1S/C15H20F3N7S/c1-10-23-11(9-26-10)8-25(3)14(19-2)22-7-6-21-13-20-5-4-12(24-13)15(16,17)18/h4-5,9H,6-8H2,1-3H3,(H,19,22)(H,20,21,24). The molecule has 0 aliphatic rings. The van der Waals surface area contributed by atoms with Crippen LogP contribution in [0.15, 0.2) is 22.6 Å². The summed E-state index contributed by atoms with van der Waals surface area (Å²) < 4.78 is 37.9. The van der Waals surface area contributed by atoms with Crippen LogP contribution in [0.2, 0.25) is 0 Å². The minimum absolute atomic E-state index is 0.0667. The number of thiazole rings is 1. The normalized spacial score (nSPS) is 12.2. The molecule has 0 aliphatic carbocycles. The third-order valence-electron chi connectivity index (χ3n) is 3.28. The van der Waals surface area contributed by atoms with Crippen molar-refractivity contribution >= 4 is 23.2 Å². The molecular formula is C15H20F3N7S. The Balaban J connectivity index is 1.80. The maximum Gasteiger partial charge on any atom is 0.433 e. The van der Waals surface area contributed by atoms with E-state index in [4.69, 9.17) is 0 Å². The summed E-state index contributed by atoms with van der Waals surface area (Å²) in [5, 5.41) is 8.88. The lowest BCUT2D eigenvalue weighted by Gasteiger charge is -2.21. The summed E-state index contributed by atoms with van der Waals surface area (Å²) in [5.74, 6) is 0.588. The number of hydrogen-bond donors (Lipinski definition) is 2. The first-order chi connectivity index (χ1) is 12.3. The molecule has 11 heteroatoms. The van der Waals surface area contributed by atoms with Gasteiger partial charge in [-0.15, -0.1) is 11.3 Å². The molecule has 2 rings (SSSR count). The molecule has 0 saturated carbocycles. The second kappa shape index (κ2) is 8.79. The Morgan fingerprint density at radius 1 is 1.31 bits per heavy atom. The first-order valence-electron chi connectivity index (χ1n) is 7.76. The molecule has 0 aromatic carbocycles. The number of nitrogens with one attached hydrogen (secondary N) is 2. The summed E-state index contributed by atoms with van der Waals surface area (Å²) in [6.45, 7) is 3.33. The monoisotopic (exact) mass is 387 g/mol. The lowest BCUT2D eigenvalue weighted by atomic mass is 10.4. The van der Waals surface area contributed by atoms with E-state index in [0.717, 1.165) is 23.0 Å². The SMILES string of the molecule is CN=C(NCCNc1nccc(C(F)(F)F)n1)N(C)Cc1csc(C)n1. The van der Waals surface area contributed by atoms with Crippen molar-refractivity contribution in [2.45, 2.75) is 19.6 Å². The molecule has 142 valence electrons. The lowest BCUT2D eigenvalue weighted by Crippen LogP contribution is -2.40. The molecule has 0 unspecified atom stereocenters. The van der Waals surface area contributed by atoms with Crippen LogP contribution in [0.1, 0.15) is 16.4 Å². The predicted molar refractivity (Wildman–Crippen MR) is 95.2 cm³/mol. The molecule has 0 bridgehead atoms. The second-order valence-corrected chi connectivity index (χ2v) is 6.44. The van der Waals surface area contributed by atoms with Crippen LogP contribution in [0.3, 0.4) is 0 Å². The molecule has 2 aromatic rings. The van der Waals surface area contributed by atoms with Crippen molar-refractivity contribution in [2.75, 3.05) is 32.5 Å². The van der Waals surface area contributed by atoms with E-state index in [-0.39, 0.29) is 5.95 Å². The van der Waals surface area contributed by atoms with Crippen LogP contribution in [0.5, 0.6) is 0 Å². The zero-order valence-corrected chi connectivity index (χ0v) is 15.4. The molecule has 2 aromatic heterocycles. The van der Waals surface area contributed by atoms with E-state index in [0.29, 0.717) is 25.6 Å². The quantitative estimate of drug-likeness (QED) is 0.450. The third kappa shape index (κ3) is 5.83. The van der Waals surface area contributed by atoms with Crippen molar-refractivity contribution in [1.82, 2.24) is 25.2 Å². The minimum atomic E-state index is -4.49. The zero-order valence-electron chi connectivity index (χ0n) is 14.6. The van der Waals surface area contributed by atoms with Gasteiger partial charge in [-0.2, -0.15) is 13.2 Å². The second-order valence-electron chi connectivity index (χ2n) is 5.38. The van der Waals surface area contributed by atoms with Gasteiger partial charge in [0.2, 0.25) is 5.95 Å². The number of alkyl halides is 3. The van der Waals surface area contributed by atoms with Crippen LogP contribution in [0.4, 0.5) is 19.1 Å². The summed E-state index contributed by atoms with van der Waals surface area (Å²) in [6, 6.07) is 0.834. The number of hydrogen-bond acceptors (Lipinski definition) is 6. The molecule has 0 atom stereocenters. The van der Waals surface area contributed by atoms with Crippen LogP contribution in [-0.4, -0.2) is 53.0 Å². The van der Waals surface area contributed by atoms with Gasteiger partial charge in [-0.3, -0.25) is 4.99 Å². The highest BCUT2D eigenvalue weighted by Crippen LogP contribution is 2.27. The van der Waals surface area contributed by atoms with Gasteiger partial charge in [0.15, 0.2) is 5.96 Å². The fourth-order valence-corrected chi connectivity index (χ4v) is 2.74. The van der Waals surface area contributed by atoms with Crippen LogP contribution >= 0.6 is 11.3 Å². The van der Waals surface area contributed by atoms with Crippen molar-refractivity contribution in [3.63, 3.8) is 0 Å². The van der Waals surface area contributed by atoms with Crippen molar-refractivity contribution < 1.29 is 13.2 Å². The first-order valence-corrected chi connectivity index (χ1v) is 8.64. The fourth-order valence-electron chi connectivity index (χ4n) is 2.13. The smallest absolute Gasteiger partial charge is 0.354 e. The molecule has 0 fully saturated rings. The summed E-state index contributed by atoms with van der Waals surface area (Å²) in [6.07, 6.45) is -3.41. The van der Waals surface area contributed by atoms with E-state index in [1.807, 2.05) is 24.3 Å². The number of anilines is 1. The van der Waals surface area contributed by atoms with Gasteiger partial charge in [0.25, 0.3) is 0 Å². The Morgan fingerprint density at radius 2 is 2.08 bits per heavy atom. The average molecular weight is 387 g/mol. The third-order valence-corrected chi connectivity index (χ3v) is 4.10. The van der Waals surface area contributed by atoms with E-state index in [1.54, 1.807) is 18.4 Å². The van der Waals surface area contributed by atoms with Crippen molar-refractivity contribution in [3.8, 4) is 0 Å². The summed E-state index contributed by atoms with van der Waals surface area (Å²) in [4.78, 5) is 17.7. The van der Waals surface area contributed by atoms with E-state index in [1.165, 1.54) is 0 Å². The topological polar surface area (TPSA) is 78.3 Å². The van der Waals surface area contributed by atoms with Gasteiger partial charge < -0.3 is 15.5 Å². The highest BCUT2D eigenvalue weighted by atomic mass is 32.1. The number of nitrogens with zero attached hydrogens (tertiary/aromatic N) is 5. The van der Waals surface area contributed by atoms with Crippen LogP contribution in [-0.2, 0) is 12.7 Å².